The summed E-state index contributed by atoms with van der Waals surface area (Å²) in [4.78, 5) is 9.00. The molecule has 0 aliphatic carbocycles. The normalized spacial score (nSPS) is 11.6. The average molecular weight is 537 g/mol. The van der Waals surface area contributed by atoms with Gasteiger partial charge in [-0.15, -0.1) is 24.0 Å². The van der Waals surface area contributed by atoms with Gasteiger partial charge in [-0.2, -0.15) is 0 Å². The number of pyridine rings is 1. The van der Waals surface area contributed by atoms with E-state index < -0.39 is 9.84 Å². The molecule has 1 aromatic heterocycles. The number of aromatic nitrogens is 1. The third kappa shape index (κ3) is 7.92. The Kier molecular flexibility index (Phi) is 10.2. The number of hydrogen-bond acceptors (Lipinski definition) is 4. The molecule has 0 saturated heterocycles. The van der Waals surface area contributed by atoms with Gasteiger partial charge in [0.1, 0.15) is 5.15 Å². The molecule has 2 rings (SSSR count). The van der Waals surface area contributed by atoms with Crippen LogP contribution in [0.2, 0.25) is 5.15 Å². The smallest absolute Gasteiger partial charge is 0.191 e. The van der Waals surface area contributed by atoms with Gasteiger partial charge in [-0.1, -0.05) is 29.8 Å². The highest BCUT2D eigenvalue weighted by atomic mass is 127. The number of aliphatic imine (C=N–C) groups is 1. The summed E-state index contributed by atoms with van der Waals surface area (Å²) in [7, 11) is -3.21. The van der Waals surface area contributed by atoms with E-state index in [1.165, 1.54) is 6.26 Å². The van der Waals surface area contributed by atoms with Crippen molar-refractivity contribution in [1.29, 1.82) is 0 Å². The van der Waals surface area contributed by atoms with E-state index in [0.717, 1.165) is 29.7 Å². The van der Waals surface area contributed by atoms with Crippen molar-refractivity contribution in [3.63, 3.8) is 0 Å². The number of guanidine groups is 1. The van der Waals surface area contributed by atoms with Gasteiger partial charge in [0.05, 0.1) is 11.4 Å². The van der Waals surface area contributed by atoms with Crippen LogP contribution in [-0.4, -0.2) is 38.7 Å². The third-order valence-corrected chi connectivity index (χ3v) is 5.38. The number of rotatable bonds is 7. The molecule has 1 aromatic carbocycles. The van der Waals surface area contributed by atoms with Crippen LogP contribution in [0.15, 0.2) is 46.4 Å². The predicted octanol–water partition coefficient (Wildman–Crippen LogP) is 3.36. The van der Waals surface area contributed by atoms with Gasteiger partial charge in [0.2, 0.25) is 0 Å². The Morgan fingerprint density at radius 2 is 1.89 bits per heavy atom. The van der Waals surface area contributed by atoms with E-state index in [9.17, 15) is 8.42 Å². The zero-order chi connectivity index (χ0) is 19.9. The fourth-order valence-corrected chi connectivity index (χ4v) is 3.69. The maximum absolute atomic E-state index is 11.7. The van der Waals surface area contributed by atoms with Gasteiger partial charge in [0.15, 0.2) is 15.8 Å². The lowest BCUT2D eigenvalue weighted by atomic mass is 10.1. The van der Waals surface area contributed by atoms with Crippen LogP contribution in [0.3, 0.4) is 0 Å². The zero-order valence-electron chi connectivity index (χ0n) is 16.2. The Bertz CT molecular complexity index is 903. The lowest BCUT2D eigenvalue weighted by molar-refractivity contribution is 0.601. The van der Waals surface area contributed by atoms with Crippen LogP contribution in [-0.2, 0) is 22.8 Å². The maximum atomic E-state index is 11.7. The van der Waals surface area contributed by atoms with E-state index in [0.29, 0.717) is 29.1 Å². The van der Waals surface area contributed by atoms with E-state index >= 15 is 0 Å². The van der Waals surface area contributed by atoms with Crippen LogP contribution in [0.25, 0.3) is 0 Å². The van der Waals surface area contributed by atoms with Crippen molar-refractivity contribution in [1.82, 2.24) is 15.6 Å². The molecule has 0 unspecified atom stereocenters. The zero-order valence-corrected chi connectivity index (χ0v) is 20.1. The molecule has 0 aliphatic rings. The quantitative estimate of drug-likeness (QED) is 0.245. The monoisotopic (exact) mass is 536 g/mol. The van der Waals surface area contributed by atoms with Gasteiger partial charge in [-0.25, -0.2) is 18.4 Å². The Labute approximate surface area is 189 Å². The molecule has 1 heterocycles. The highest BCUT2D eigenvalue weighted by Crippen LogP contribution is 2.17. The first-order chi connectivity index (χ1) is 12.8. The van der Waals surface area contributed by atoms with E-state index in [4.69, 9.17) is 11.6 Å². The number of halogens is 2. The van der Waals surface area contributed by atoms with E-state index in [1.54, 1.807) is 31.3 Å². The molecule has 0 saturated carbocycles. The number of aryl methyl sites for hydroxylation is 1. The number of hydrogen-bond donors (Lipinski definition) is 2. The number of nitrogens with zero attached hydrogens (tertiary/aromatic N) is 2. The van der Waals surface area contributed by atoms with Crippen molar-refractivity contribution in [3.05, 3.63) is 58.4 Å². The summed E-state index contributed by atoms with van der Waals surface area (Å²) >= 11 is 5.79. The first-order valence-electron chi connectivity index (χ1n) is 8.72. The molecule has 2 N–H and O–H groups in total. The van der Waals surface area contributed by atoms with Crippen molar-refractivity contribution in [2.45, 2.75) is 31.7 Å². The topological polar surface area (TPSA) is 83.5 Å². The van der Waals surface area contributed by atoms with Crippen molar-refractivity contribution in [2.24, 2.45) is 4.99 Å². The van der Waals surface area contributed by atoms with E-state index in [1.807, 2.05) is 19.1 Å². The lowest BCUT2D eigenvalue weighted by Crippen LogP contribution is -2.38. The molecule has 28 heavy (non-hydrogen) atoms. The first kappa shape index (κ1) is 24.6. The summed E-state index contributed by atoms with van der Waals surface area (Å²) in [6, 6.07) is 9.04. The summed E-state index contributed by atoms with van der Waals surface area (Å²) in [5.74, 6) is 0.712. The highest BCUT2D eigenvalue weighted by molar-refractivity contribution is 14.0. The average Bonchev–Trinajstić information content (AvgIpc) is 2.60. The number of nitrogens with one attached hydrogen (secondary N) is 2. The molecule has 6 nitrogen and oxygen atoms in total. The van der Waals surface area contributed by atoms with Gasteiger partial charge in [0, 0.05) is 25.5 Å². The molecule has 9 heteroatoms. The lowest BCUT2D eigenvalue weighted by Gasteiger charge is -2.12. The van der Waals surface area contributed by atoms with Crippen LogP contribution in [0.1, 0.15) is 23.6 Å². The van der Waals surface area contributed by atoms with Crippen LogP contribution < -0.4 is 10.6 Å². The summed E-state index contributed by atoms with van der Waals surface area (Å²) in [5.41, 5.74) is 2.78. The van der Waals surface area contributed by atoms with Gasteiger partial charge in [-0.05, 0) is 49.1 Å². The molecular weight excluding hydrogens is 511 g/mol. The Balaban J connectivity index is 0.00000392. The van der Waals surface area contributed by atoms with Crippen molar-refractivity contribution in [2.75, 3.05) is 19.3 Å². The van der Waals surface area contributed by atoms with Gasteiger partial charge in [0.25, 0.3) is 0 Å². The summed E-state index contributed by atoms with van der Waals surface area (Å²) in [5, 5.41) is 6.98. The van der Waals surface area contributed by atoms with Gasteiger partial charge >= 0.3 is 0 Å². The van der Waals surface area contributed by atoms with E-state index in [2.05, 4.69) is 20.6 Å². The third-order valence-electron chi connectivity index (χ3n) is 3.90. The maximum Gasteiger partial charge on any atom is 0.191 e. The molecule has 0 spiro atoms. The minimum atomic E-state index is -3.21. The summed E-state index contributed by atoms with van der Waals surface area (Å²) in [6.07, 6.45) is 3.79. The Morgan fingerprint density at radius 3 is 2.46 bits per heavy atom. The van der Waals surface area contributed by atoms with Gasteiger partial charge < -0.3 is 10.6 Å². The Morgan fingerprint density at radius 1 is 1.18 bits per heavy atom. The van der Waals surface area contributed by atoms with Crippen LogP contribution in [0.4, 0.5) is 0 Å². The number of benzene rings is 1. The first-order valence-corrected chi connectivity index (χ1v) is 11.0. The molecule has 2 aromatic rings. The SMILES string of the molecule is CCNC(=NCc1ccc(S(C)(=O)=O)c(C)c1)NCCc1ccc(Cl)nc1.I. The largest absolute Gasteiger partial charge is 0.357 e. The van der Waals surface area contributed by atoms with Crippen molar-refractivity contribution < 1.29 is 8.42 Å². The standard InChI is InChI=1S/C19H25ClN4O2S.HI/c1-4-21-19(22-10-9-15-6-8-18(20)23-12-15)24-13-16-5-7-17(14(2)11-16)27(3,25)26;/h5-8,11-12H,4,9-10,13H2,1-3H3,(H2,21,22,24);1H. The fraction of sp³-hybridized carbons (Fsp3) is 0.368. The molecule has 0 amide bonds. The molecule has 0 fully saturated rings. The van der Waals surface area contributed by atoms with Gasteiger partial charge in [-0.3, -0.25) is 0 Å². The van der Waals surface area contributed by atoms with Crippen LogP contribution in [0.5, 0.6) is 0 Å². The van der Waals surface area contributed by atoms with Crippen molar-refractivity contribution >= 4 is 51.4 Å². The predicted molar refractivity (Wildman–Crippen MR) is 125 cm³/mol. The second kappa shape index (κ2) is 11.6. The Hall–Kier alpha value is -1.39. The molecule has 0 bridgehead atoms. The van der Waals surface area contributed by atoms with Crippen LogP contribution in [0, 0.1) is 6.92 Å². The molecule has 0 atom stereocenters. The second-order valence-corrected chi connectivity index (χ2v) is 8.60. The van der Waals surface area contributed by atoms with E-state index in [-0.39, 0.29) is 24.0 Å². The minimum Gasteiger partial charge on any atom is -0.357 e. The second-order valence-electron chi connectivity index (χ2n) is 6.23. The number of sulfone groups is 1. The van der Waals surface area contributed by atoms with Crippen molar-refractivity contribution in [3.8, 4) is 0 Å². The highest BCUT2D eigenvalue weighted by Gasteiger charge is 2.10. The minimum absolute atomic E-state index is 0. The summed E-state index contributed by atoms with van der Waals surface area (Å²) in [6.45, 7) is 5.73. The molecule has 0 aliphatic heterocycles. The molecular formula is C19H26ClIN4O2S. The summed E-state index contributed by atoms with van der Waals surface area (Å²) < 4.78 is 23.4. The fourth-order valence-electron chi connectivity index (χ4n) is 2.62. The van der Waals surface area contributed by atoms with Crippen LogP contribution >= 0.6 is 35.6 Å². The molecule has 154 valence electrons. The molecule has 0 radical (unpaired) electrons.